The maximum absolute atomic E-state index is 12.3. The number of fused-ring (bicyclic) bond motifs is 1. The number of H-pyrrole nitrogens is 1. The van der Waals surface area contributed by atoms with Crippen molar-refractivity contribution in [1.29, 1.82) is 0 Å². The zero-order valence-electron chi connectivity index (χ0n) is 12.2. The van der Waals surface area contributed by atoms with Gasteiger partial charge in [0.2, 0.25) is 0 Å². The van der Waals surface area contributed by atoms with Gasteiger partial charge in [-0.1, -0.05) is 31.2 Å². The summed E-state index contributed by atoms with van der Waals surface area (Å²) in [5.74, 6) is -0.117. The average molecular weight is 278 g/mol. The molecule has 0 aliphatic carbocycles. The van der Waals surface area contributed by atoms with E-state index in [0.717, 1.165) is 23.0 Å². The van der Waals surface area contributed by atoms with Crippen molar-refractivity contribution in [3.05, 3.63) is 65.4 Å². The van der Waals surface area contributed by atoms with Crippen molar-refractivity contribution in [2.75, 3.05) is 5.32 Å². The zero-order valence-corrected chi connectivity index (χ0v) is 12.2. The molecule has 2 N–H and O–H groups in total. The Morgan fingerprint density at radius 3 is 2.57 bits per heavy atom. The monoisotopic (exact) mass is 278 g/mol. The lowest BCUT2D eigenvalue weighted by molar-refractivity contribution is 0.102. The van der Waals surface area contributed by atoms with E-state index in [0.29, 0.717) is 5.69 Å². The Labute approximate surface area is 124 Å². The lowest BCUT2D eigenvalue weighted by atomic mass is 10.1. The largest absolute Gasteiger partial charge is 0.351 e. The fourth-order valence-corrected chi connectivity index (χ4v) is 2.39. The highest BCUT2D eigenvalue weighted by Crippen LogP contribution is 2.18. The number of aromatic nitrogens is 1. The third kappa shape index (κ3) is 2.82. The van der Waals surface area contributed by atoms with Crippen LogP contribution in [0, 0.1) is 6.92 Å². The molecule has 0 unspecified atom stereocenters. The highest BCUT2D eigenvalue weighted by atomic mass is 16.1. The number of benzene rings is 2. The third-order valence-electron chi connectivity index (χ3n) is 3.64. The van der Waals surface area contributed by atoms with Crippen molar-refractivity contribution < 1.29 is 4.79 Å². The van der Waals surface area contributed by atoms with Gasteiger partial charge in [-0.05, 0) is 48.7 Å². The number of amides is 1. The molecule has 0 fully saturated rings. The first-order valence-corrected chi connectivity index (χ1v) is 7.15. The lowest BCUT2D eigenvalue weighted by Gasteiger charge is -2.04. The van der Waals surface area contributed by atoms with Gasteiger partial charge >= 0.3 is 0 Å². The third-order valence-corrected chi connectivity index (χ3v) is 3.64. The Bertz CT molecular complexity index is 785. The predicted octanol–water partition coefficient (Wildman–Crippen LogP) is 4.29. The Hall–Kier alpha value is -2.55. The number of aromatic amines is 1. The normalized spacial score (nSPS) is 10.8. The number of carbonyl (C=O) groups excluding carboxylic acids is 1. The Morgan fingerprint density at radius 1 is 1.10 bits per heavy atom. The molecule has 0 aliphatic rings. The summed E-state index contributed by atoms with van der Waals surface area (Å²) >= 11 is 0. The second-order valence-corrected chi connectivity index (χ2v) is 5.28. The molecule has 1 heterocycles. The molecule has 3 nitrogen and oxygen atoms in total. The SMILES string of the molecule is CCc1ccc(NC(=O)c2cc3ccc(C)cc3[nH]2)cc1. The molecule has 106 valence electrons. The molecule has 0 atom stereocenters. The number of hydrogen-bond acceptors (Lipinski definition) is 1. The van der Waals surface area contributed by atoms with E-state index in [2.05, 4.69) is 17.2 Å². The van der Waals surface area contributed by atoms with Gasteiger partial charge in [-0.2, -0.15) is 0 Å². The number of hydrogen-bond donors (Lipinski definition) is 2. The molecular formula is C18H18N2O. The summed E-state index contributed by atoms with van der Waals surface area (Å²) in [6, 6.07) is 15.9. The maximum atomic E-state index is 12.3. The zero-order chi connectivity index (χ0) is 14.8. The highest BCUT2D eigenvalue weighted by molar-refractivity contribution is 6.05. The van der Waals surface area contributed by atoms with Crippen molar-refractivity contribution >= 4 is 22.5 Å². The van der Waals surface area contributed by atoms with Crippen LogP contribution in [0.1, 0.15) is 28.5 Å². The molecule has 1 aromatic heterocycles. The van der Waals surface area contributed by atoms with Crippen LogP contribution in [0.5, 0.6) is 0 Å². The van der Waals surface area contributed by atoms with E-state index in [1.54, 1.807) is 0 Å². The van der Waals surface area contributed by atoms with Crippen LogP contribution in [0.3, 0.4) is 0 Å². The molecule has 3 aromatic rings. The minimum absolute atomic E-state index is 0.117. The van der Waals surface area contributed by atoms with Crippen molar-refractivity contribution in [3.8, 4) is 0 Å². The van der Waals surface area contributed by atoms with Crippen LogP contribution in [-0.2, 0) is 6.42 Å². The molecule has 0 aliphatic heterocycles. The number of nitrogens with one attached hydrogen (secondary N) is 2. The van der Waals surface area contributed by atoms with E-state index in [9.17, 15) is 4.79 Å². The van der Waals surface area contributed by atoms with Crippen LogP contribution < -0.4 is 5.32 Å². The molecule has 3 rings (SSSR count). The summed E-state index contributed by atoms with van der Waals surface area (Å²) in [5.41, 5.74) is 4.81. The summed E-state index contributed by atoms with van der Waals surface area (Å²) in [5, 5.41) is 3.96. The van der Waals surface area contributed by atoms with Crippen molar-refractivity contribution in [2.24, 2.45) is 0 Å². The molecule has 1 amide bonds. The van der Waals surface area contributed by atoms with Gasteiger partial charge in [0.25, 0.3) is 5.91 Å². The number of anilines is 1. The van der Waals surface area contributed by atoms with Crippen LogP contribution in [0.2, 0.25) is 0 Å². The van der Waals surface area contributed by atoms with E-state index in [-0.39, 0.29) is 5.91 Å². The minimum Gasteiger partial charge on any atom is -0.351 e. The van der Waals surface area contributed by atoms with E-state index >= 15 is 0 Å². The Balaban J connectivity index is 1.82. The first-order chi connectivity index (χ1) is 10.2. The number of carbonyl (C=O) groups is 1. The molecule has 0 saturated heterocycles. The molecule has 0 saturated carbocycles. The van der Waals surface area contributed by atoms with Crippen molar-refractivity contribution in [2.45, 2.75) is 20.3 Å². The minimum atomic E-state index is -0.117. The average Bonchev–Trinajstić information content (AvgIpc) is 2.91. The quantitative estimate of drug-likeness (QED) is 0.737. The summed E-state index contributed by atoms with van der Waals surface area (Å²) in [6.07, 6.45) is 0.996. The van der Waals surface area contributed by atoms with Gasteiger partial charge in [0.15, 0.2) is 0 Å². The smallest absolute Gasteiger partial charge is 0.272 e. The summed E-state index contributed by atoms with van der Waals surface area (Å²) in [7, 11) is 0. The predicted molar refractivity (Wildman–Crippen MR) is 86.8 cm³/mol. The van der Waals surface area contributed by atoms with Gasteiger partial charge in [-0.15, -0.1) is 0 Å². The summed E-state index contributed by atoms with van der Waals surface area (Å²) < 4.78 is 0. The van der Waals surface area contributed by atoms with Gasteiger partial charge < -0.3 is 10.3 Å². The van der Waals surface area contributed by atoms with Crippen LogP contribution >= 0.6 is 0 Å². The Morgan fingerprint density at radius 2 is 1.86 bits per heavy atom. The second-order valence-electron chi connectivity index (χ2n) is 5.28. The van der Waals surface area contributed by atoms with E-state index in [1.165, 1.54) is 11.1 Å². The standard InChI is InChI=1S/C18H18N2O/c1-3-13-5-8-15(9-6-13)19-18(21)17-11-14-7-4-12(2)10-16(14)20-17/h4-11,20H,3H2,1-2H3,(H,19,21). The van der Waals surface area contributed by atoms with Gasteiger partial charge in [0, 0.05) is 16.6 Å². The molecule has 0 spiro atoms. The van der Waals surface area contributed by atoms with Crippen LogP contribution in [-0.4, -0.2) is 10.9 Å². The number of aryl methyl sites for hydroxylation is 2. The second kappa shape index (κ2) is 5.44. The van der Waals surface area contributed by atoms with E-state index < -0.39 is 0 Å². The fourth-order valence-electron chi connectivity index (χ4n) is 2.39. The number of rotatable bonds is 3. The van der Waals surface area contributed by atoms with Crippen LogP contribution in [0.4, 0.5) is 5.69 Å². The molecular weight excluding hydrogens is 260 g/mol. The molecule has 0 bridgehead atoms. The lowest BCUT2D eigenvalue weighted by Crippen LogP contribution is -2.12. The fraction of sp³-hybridized carbons (Fsp3) is 0.167. The first-order valence-electron chi connectivity index (χ1n) is 7.15. The highest BCUT2D eigenvalue weighted by Gasteiger charge is 2.09. The topological polar surface area (TPSA) is 44.9 Å². The van der Waals surface area contributed by atoms with Crippen LogP contribution in [0.25, 0.3) is 10.9 Å². The summed E-state index contributed by atoms with van der Waals surface area (Å²) in [4.78, 5) is 15.4. The molecule has 3 heteroatoms. The van der Waals surface area contributed by atoms with Gasteiger partial charge in [-0.25, -0.2) is 0 Å². The van der Waals surface area contributed by atoms with Gasteiger partial charge in [-0.3, -0.25) is 4.79 Å². The Kier molecular flexibility index (Phi) is 3.48. The van der Waals surface area contributed by atoms with E-state index in [1.807, 2.05) is 55.5 Å². The molecule has 2 aromatic carbocycles. The summed E-state index contributed by atoms with van der Waals surface area (Å²) in [6.45, 7) is 4.15. The molecule has 0 radical (unpaired) electrons. The van der Waals surface area contributed by atoms with Gasteiger partial charge in [0.05, 0.1) is 0 Å². The van der Waals surface area contributed by atoms with E-state index in [4.69, 9.17) is 0 Å². The molecule has 21 heavy (non-hydrogen) atoms. The van der Waals surface area contributed by atoms with Crippen molar-refractivity contribution in [3.63, 3.8) is 0 Å². The maximum Gasteiger partial charge on any atom is 0.272 e. The first kappa shape index (κ1) is 13.4. The van der Waals surface area contributed by atoms with Gasteiger partial charge in [0.1, 0.15) is 5.69 Å². The van der Waals surface area contributed by atoms with Crippen molar-refractivity contribution in [1.82, 2.24) is 4.98 Å². The van der Waals surface area contributed by atoms with Crippen LogP contribution in [0.15, 0.2) is 48.5 Å².